The van der Waals surface area contributed by atoms with E-state index in [1.54, 1.807) is 31.2 Å². The van der Waals surface area contributed by atoms with Crippen LogP contribution in [0.15, 0.2) is 24.3 Å². The highest BCUT2D eigenvalue weighted by molar-refractivity contribution is 5.94. The van der Waals surface area contributed by atoms with Gasteiger partial charge in [0.2, 0.25) is 0 Å². The summed E-state index contributed by atoms with van der Waals surface area (Å²) >= 11 is 0. The Hall–Kier alpha value is -2.55. The van der Waals surface area contributed by atoms with Crippen molar-refractivity contribution >= 4 is 17.7 Å². The zero-order chi connectivity index (χ0) is 14.4. The third-order valence-electron chi connectivity index (χ3n) is 2.69. The first-order valence-electron chi connectivity index (χ1n) is 5.76. The molecule has 0 aromatic heterocycles. The Bertz CT molecular complexity index is 505. The van der Waals surface area contributed by atoms with Crippen LogP contribution in [0.5, 0.6) is 0 Å². The number of benzene rings is 1. The predicted molar refractivity (Wildman–Crippen MR) is 69.8 cm³/mol. The Morgan fingerprint density at radius 1 is 1.42 bits per heavy atom. The molecule has 1 unspecified atom stereocenters. The average Bonchev–Trinajstić information content (AvgIpc) is 2.43. The number of anilines is 1. The lowest BCUT2D eigenvalue weighted by Gasteiger charge is -2.20. The minimum absolute atomic E-state index is 0.308. The number of urea groups is 1. The Kier molecular flexibility index (Phi) is 4.89. The normalized spacial score (nSPS) is 11.2. The molecular formula is C13H15N3O3. The predicted octanol–water partition coefficient (Wildman–Crippen LogP) is 1.57. The van der Waals surface area contributed by atoms with Crippen molar-refractivity contribution < 1.29 is 14.7 Å². The van der Waals surface area contributed by atoms with E-state index in [0.29, 0.717) is 17.7 Å². The molecule has 2 N–H and O–H groups in total. The van der Waals surface area contributed by atoms with Gasteiger partial charge in [-0.05, 0) is 30.7 Å². The maximum atomic E-state index is 11.9. The SMILES string of the molecule is CCC(NC(=O)N(C)c1ccc(C#N)cc1)C(=O)O. The van der Waals surface area contributed by atoms with Crippen LogP contribution in [0.2, 0.25) is 0 Å². The van der Waals surface area contributed by atoms with E-state index in [1.807, 2.05) is 6.07 Å². The van der Waals surface area contributed by atoms with Gasteiger partial charge >= 0.3 is 12.0 Å². The quantitative estimate of drug-likeness (QED) is 0.860. The van der Waals surface area contributed by atoms with Gasteiger partial charge in [-0.3, -0.25) is 4.90 Å². The van der Waals surface area contributed by atoms with E-state index in [0.717, 1.165) is 0 Å². The van der Waals surface area contributed by atoms with Crippen molar-refractivity contribution in [1.82, 2.24) is 5.32 Å². The third-order valence-corrected chi connectivity index (χ3v) is 2.69. The topological polar surface area (TPSA) is 93.4 Å². The highest BCUT2D eigenvalue weighted by Gasteiger charge is 2.20. The van der Waals surface area contributed by atoms with Crippen molar-refractivity contribution in [3.05, 3.63) is 29.8 Å². The lowest BCUT2D eigenvalue weighted by atomic mass is 10.2. The summed E-state index contributed by atoms with van der Waals surface area (Å²) < 4.78 is 0. The van der Waals surface area contributed by atoms with Crippen LogP contribution in [-0.4, -0.2) is 30.2 Å². The van der Waals surface area contributed by atoms with Crippen LogP contribution in [0.25, 0.3) is 0 Å². The van der Waals surface area contributed by atoms with Gasteiger partial charge in [-0.15, -0.1) is 0 Å². The number of nitrogens with one attached hydrogen (secondary N) is 1. The summed E-state index contributed by atoms with van der Waals surface area (Å²) in [6, 6.07) is 7.00. The van der Waals surface area contributed by atoms with Crippen LogP contribution >= 0.6 is 0 Å². The number of carbonyl (C=O) groups excluding carboxylic acids is 1. The van der Waals surface area contributed by atoms with Gasteiger partial charge in [-0.2, -0.15) is 5.26 Å². The van der Waals surface area contributed by atoms with Gasteiger partial charge < -0.3 is 10.4 Å². The number of nitriles is 1. The second-order valence-corrected chi connectivity index (χ2v) is 3.97. The number of nitrogens with zero attached hydrogens (tertiary/aromatic N) is 2. The summed E-state index contributed by atoms with van der Waals surface area (Å²) in [5, 5.41) is 20.0. The van der Waals surface area contributed by atoms with E-state index in [4.69, 9.17) is 10.4 Å². The van der Waals surface area contributed by atoms with Gasteiger partial charge in [-0.25, -0.2) is 9.59 Å². The summed E-state index contributed by atoms with van der Waals surface area (Å²) in [6.07, 6.45) is 0.308. The second kappa shape index (κ2) is 6.40. The number of carboxylic acid groups (broad SMARTS) is 1. The first-order chi connectivity index (χ1) is 8.99. The molecule has 2 amide bonds. The van der Waals surface area contributed by atoms with Crippen molar-refractivity contribution in [2.75, 3.05) is 11.9 Å². The molecule has 0 bridgehead atoms. The number of amides is 2. The molecule has 0 saturated heterocycles. The summed E-state index contributed by atoms with van der Waals surface area (Å²) in [5.41, 5.74) is 1.08. The number of rotatable bonds is 4. The van der Waals surface area contributed by atoms with Gasteiger partial charge in [0.25, 0.3) is 0 Å². The van der Waals surface area contributed by atoms with Crippen LogP contribution in [-0.2, 0) is 4.79 Å². The van der Waals surface area contributed by atoms with Crippen LogP contribution < -0.4 is 10.2 Å². The molecule has 6 nitrogen and oxygen atoms in total. The van der Waals surface area contributed by atoms with Gasteiger partial charge in [0, 0.05) is 12.7 Å². The van der Waals surface area contributed by atoms with E-state index >= 15 is 0 Å². The fourth-order valence-corrected chi connectivity index (χ4v) is 1.46. The monoisotopic (exact) mass is 261 g/mol. The molecule has 0 heterocycles. The summed E-state index contributed by atoms with van der Waals surface area (Å²) in [5.74, 6) is -1.07. The van der Waals surface area contributed by atoms with Crippen LogP contribution in [0, 0.1) is 11.3 Å². The van der Waals surface area contributed by atoms with Crippen LogP contribution in [0.4, 0.5) is 10.5 Å². The zero-order valence-corrected chi connectivity index (χ0v) is 10.8. The molecule has 19 heavy (non-hydrogen) atoms. The molecule has 100 valence electrons. The molecule has 1 atom stereocenters. The molecular weight excluding hydrogens is 246 g/mol. The lowest BCUT2D eigenvalue weighted by Crippen LogP contribution is -2.46. The van der Waals surface area contributed by atoms with Gasteiger partial charge in [0.05, 0.1) is 11.6 Å². The van der Waals surface area contributed by atoms with Gasteiger partial charge in [-0.1, -0.05) is 6.92 Å². The zero-order valence-electron chi connectivity index (χ0n) is 10.8. The minimum atomic E-state index is -1.07. The Balaban J connectivity index is 2.76. The van der Waals surface area contributed by atoms with Crippen LogP contribution in [0.1, 0.15) is 18.9 Å². The van der Waals surface area contributed by atoms with E-state index in [1.165, 1.54) is 11.9 Å². The largest absolute Gasteiger partial charge is 0.480 e. The maximum Gasteiger partial charge on any atom is 0.326 e. The van der Waals surface area contributed by atoms with Crippen molar-refractivity contribution in [2.24, 2.45) is 0 Å². The lowest BCUT2D eigenvalue weighted by molar-refractivity contribution is -0.139. The average molecular weight is 261 g/mol. The molecule has 0 aliphatic carbocycles. The Morgan fingerprint density at radius 2 is 2.00 bits per heavy atom. The number of hydrogen-bond donors (Lipinski definition) is 2. The second-order valence-electron chi connectivity index (χ2n) is 3.97. The van der Waals surface area contributed by atoms with E-state index in [-0.39, 0.29) is 0 Å². The molecule has 0 aliphatic heterocycles. The standard InChI is InChI=1S/C13H15N3O3/c1-3-11(12(17)18)15-13(19)16(2)10-6-4-9(8-14)5-7-10/h4-7,11H,3H2,1-2H3,(H,15,19)(H,17,18). The minimum Gasteiger partial charge on any atom is -0.480 e. The molecule has 0 aliphatic rings. The first-order valence-corrected chi connectivity index (χ1v) is 5.76. The first kappa shape index (κ1) is 14.5. The molecule has 0 spiro atoms. The number of carbonyl (C=O) groups is 2. The summed E-state index contributed by atoms with van der Waals surface area (Å²) in [6.45, 7) is 1.68. The molecule has 0 radical (unpaired) electrons. The van der Waals surface area contributed by atoms with E-state index in [9.17, 15) is 9.59 Å². The molecule has 1 aromatic rings. The smallest absolute Gasteiger partial charge is 0.326 e. The van der Waals surface area contributed by atoms with Gasteiger partial charge in [0.15, 0.2) is 0 Å². The highest BCUT2D eigenvalue weighted by atomic mass is 16.4. The fraction of sp³-hybridized carbons (Fsp3) is 0.308. The maximum absolute atomic E-state index is 11.9. The van der Waals surface area contributed by atoms with Crippen molar-refractivity contribution in [1.29, 1.82) is 5.26 Å². The Morgan fingerprint density at radius 3 is 2.42 bits per heavy atom. The van der Waals surface area contributed by atoms with Crippen molar-refractivity contribution in [3.8, 4) is 6.07 Å². The molecule has 0 saturated carbocycles. The fourth-order valence-electron chi connectivity index (χ4n) is 1.46. The molecule has 6 heteroatoms. The molecule has 0 fully saturated rings. The van der Waals surface area contributed by atoms with Crippen molar-refractivity contribution in [2.45, 2.75) is 19.4 Å². The molecule has 1 rings (SSSR count). The number of aliphatic carboxylic acids is 1. The van der Waals surface area contributed by atoms with E-state index < -0.39 is 18.0 Å². The number of hydrogen-bond acceptors (Lipinski definition) is 3. The van der Waals surface area contributed by atoms with Crippen molar-refractivity contribution in [3.63, 3.8) is 0 Å². The van der Waals surface area contributed by atoms with Gasteiger partial charge in [0.1, 0.15) is 6.04 Å². The highest BCUT2D eigenvalue weighted by Crippen LogP contribution is 2.13. The Labute approximate surface area is 111 Å². The molecule has 1 aromatic carbocycles. The summed E-state index contributed by atoms with van der Waals surface area (Å²) in [4.78, 5) is 24.0. The third kappa shape index (κ3) is 3.71. The van der Waals surface area contributed by atoms with Crippen LogP contribution in [0.3, 0.4) is 0 Å². The number of carboxylic acids is 1. The van der Waals surface area contributed by atoms with E-state index in [2.05, 4.69) is 5.32 Å². The summed E-state index contributed by atoms with van der Waals surface area (Å²) in [7, 11) is 1.53.